The summed E-state index contributed by atoms with van der Waals surface area (Å²) in [5.41, 5.74) is 0.632. The number of rotatable bonds is 1. The summed E-state index contributed by atoms with van der Waals surface area (Å²) in [4.78, 5) is 10.7. The molecular weight excluding hydrogens is 241 g/mol. The number of benzene rings is 1. The summed E-state index contributed by atoms with van der Waals surface area (Å²) < 4.78 is 0.890. The molecule has 0 spiro atoms. The van der Waals surface area contributed by atoms with Crippen LogP contribution in [0.1, 0.15) is 6.92 Å². The molecule has 1 aromatic carbocycles. The largest absolute Gasteiger partial charge is 0.325 e. The maximum absolute atomic E-state index is 10.7. The van der Waals surface area contributed by atoms with E-state index < -0.39 is 0 Å². The SMILES string of the molecule is CC(=O)Nc1ccc(Br)cc1Cl. The summed E-state index contributed by atoms with van der Waals surface area (Å²) in [5.74, 6) is -0.126. The van der Waals surface area contributed by atoms with Crippen molar-refractivity contribution in [3.05, 3.63) is 27.7 Å². The van der Waals surface area contributed by atoms with E-state index in [0.717, 1.165) is 4.47 Å². The maximum atomic E-state index is 10.7. The van der Waals surface area contributed by atoms with Gasteiger partial charge in [-0.25, -0.2) is 0 Å². The minimum Gasteiger partial charge on any atom is -0.325 e. The van der Waals surface area contributed by atoms with Crippen LogP contribution in [-0.2, 0) is 4.79 Å². The standard InChI is InChI=1S/C8H7BrClNO/c1-5(12)11-8-3-2-6(9)4-7(8)10/h2-4H,1H3,(H,11,12). The van der Waals surface area contributed by atoms with Crippen molar-refractivity contribution < 1.29 is 4.79 Å². The second kappa shape index (κ2) is 3.92. The highest BCUT2D eigenvalue weighted by Gasteiger charge is 2.01. The predicted molar refractivity (Wildman–Crippen MR) is 53.5 cm³/mol. The van der Waals surface area contributed by atoms with E-state index >= 15 is 0 Å². The lowest BCUT2D eigenvalue weighted by Crippen LogP contribution is -2.05. The van der Waals surface area contributed by atoms with Gasteiger partial charge in [0, 0.05) is 11.4 Å². The second-order valence-corrected chi connectivity index (χ2v) is 3.63. The first-order valence-electron chi connectivity index (χ1n) is 3.32. The number of nitrogens with one attached hydrogen (secondary N) is 1. The van der Waals surface area contributed by atoms with Crippen molar-refractivity contribution in [3.8, 4) is 0 Å². The normalized spacial score (nSPS) is 9.58. The van der Waals surface area contributed by atoms with E-state index in [4.69, 9.17) is 11.6 Å². The third-order valence-corrected chi connectivity index (χ3v) is 2.05. The van der Waals surface area contributed by atoms with Gasteiger partial charge >= 0.3 is 0 Å². The summed E-state index contributed by atoms with van der Waals surface area (Å²) in [6.45, 7) is 1.44. The van der Waals surface area contributed by atoms with Gasteiger partial charge in [-0.15, -0.1) is 0 Å². The zero-order chi connectivity index (χ0) is 9.14. The van der Waals surface area contributed by atoms with Crippen LogP contribution in [0.25, 0.3) is 0 Å². The topological polar surface area (TPSA) is 29.1 Å². The van der Waals surface area contributed by atoms with Crippen molar-refractivity contribution in [1.29, 1.82) is 0 Å². The van der Waals surface area contributed by atoms with E-state index in [-0.39, 0.29) is 5.91 Å². The number of anilines is 1. The lowest BCUT2D eigenvalue weighted by atomic mass is 10.3. The van der Waals surface area contributed by atoms with Gasteiger partial charge in [-0.3, -0.25) is 4.79 Å². The van der Waals surface area contributed by atoms with Gasteiger partial charge in [-0.2, -0.15) is 0 Å². The van der Waals surface area contributed by atoms with Crippen molar-refractivity contribution in [2.45, 2.75) is 6.92 Å². The van der Waals surface area contributed by atoms with E-state index in [1.165, 1.54) is 6.92 Å². The van der Waals surface area contributed by atoms with Gasteiger partial charge in [0.1, 0.15) is 0 Å². The van der Waals surface area contributed by atoms with Crippen molar-refractivity contribution in [2.75, 3.05) is 5.32 Å². The van der Waals surface area contributed by atoms with Crippen LogP contribution < -0.4 is 5.32 Å². The molecule has 1 N–H and O–H groups in total. The van der Waals surface area contributed by atoms with Gasteiger partial charge in [0.2, 0.25) is 5.91 Å². The Morgan fingerprint density at radius 3 is 2.75 bits per heavy atom. The molecule has 1 aromatic rings. The molecule has 4 heteroatoms. The van der Waals surface area contributed by atoms with Gasteiger partial charge in [-0.05, 0) is 18.2 Å². The summed E-state index contributed by atoms with van der Waals surface area (Å²) in [7, 11) is 0. The number of hydrogen-bond donors (Lipinski definition) is 1. The smallest absolute Gasteiger partial charge is 0.221 e. The van der Waals surface area contributed by atoms with Gasteiger partial charge < -0.3 is 5.32 Å². The highest BCUT2D eigenvalue weighted by molar-refractivity contribution is 9.10. The molecule has 0 aliphatic heterocycles. The Labute approximate surface area is 84.0 Å². The fourth-order valence-corrected chi connectivity index (χ4v) is 1.50. The Hall–Kier alpha value is -0.540. The number of carbonyl (C=O) groups is 1. The first-order chi connectivity index (χ1) is 5.59. The fourth-order valence-electron chi connectivity index (χ4n) is 0.780. The molecule has 0 saturated carbocycles. The van der Waals surface area contributed by atoms with Crippen LogP contribution in [0, 0.1) is 0 Å². The molecule has 0 unspecified atom stereocenters. The summed E-state index contributed by atoms with van der Waals surface area (Å²) >= 11 is 9.09. The van der Waals surface area contributed by atoms with E-state index in [0.29, 0.717) is 10.7 Å². The van der Waals surface area contributed by atoms with Crippen LogP contribution in [0.2, 0.25) is 5.02 Å². The Bertz CT molecular complexity index is 314. The first-order valence-corrected chi connectivity index (χ1v) is 4.49. The number of amides is 1. The van der Waals surface area contributed by atoms with E-state index in [2.05, 4.69) is 21.2 Å². The molecule has 64 valence electrons. The van der Waals surface area contributed by atoms with Gasteiger partial charge in [-0.1, -0.05) is 27.5 Å². The summed E-state index contributed by atoms with van der Waals surface area (Å²) in [6.07, 6.45) is 0. The molecule has 0 bridgehead atoms. The first kappa shape index (κ1) is 9.55. The lowest BCUT2D eigenvalue weighted by molar-refractivity contribution is -0.114. The number of carbonyl (C=O) groups excluding carboxylic acids is 1. The van der Waals surface area contributed by atoms with Crippen LogP contribution in [0.15, 0.2) is 22.7 Å². The Morgan fingerprint density at radius 1 is 1.58 bits per heavy atom. The third-order valence-electron chi connectivity index (χ3n) is 1.24. The van der Waals surface area contributed by atoms with Crippen LogP contribution in [0.4, 0.5) is 5.69 Å². The molecule has 0 aliphatic rings. The van der Waals surface area contributed by atoms with Crippen molar-refractivity contribution >= 4 is 39.1 Å². The monoisotopic (exact) mass is 247 g/mol. The molecule has 0 heterocycles. The molecule has 0 aromatic heterocycles. The molecule has 0 atom stereocenters. The number of hydrogen-bond acceptors (Lipinski definition) is 1. The van der Waals surface area contributed by atoms with Gasteiger partial charge in [0.05, 0.1) is 10.7 Å². The summed E-state index contributed by atoms with van der Waals surface area (Å²) in [6, 6.07) is 5.29. The quantitative estimate of drug-likeness (QED) is 0.813. The van der Waals surface area contributed by atoms with Gasteiger partial charge in [0.15, 0.2) is 0 Å². The van der Waals surface area contributed by atoms with Crippen LogP contribution in [0.5, 0.6) is 0 Å². The Kier molecular flexibility index (Phi) is 3.12. The average Bonchev–Trinajstić information content (AvgIpc) is 1.94. The summed E-state index contributed by atoms with van der Waals surface area (Å²) in [5, 5.41) is 3.14. The highest BCUT2D eigenvalue weighted by atomic mass is 79.9. The second-order valence-electron chi connectivity index (χ2n) is 2.31. The number of halogens is 2. The highest BCUT2D eigenvalue weighted by Crippen LogP contribution is 2.25. The van der Waals surface area contributed by atoms with E-state index in [1.54, 1.807) is 12.1 Å². The van der Waals surface area contributed by atoms with Crippen molar-refractivity contribution in [3.63, 3.8) is 0 Å². The van der Waals surface area contributed by atoms with E-state index in [1.807, 2.05) is 6.07 Å². The third kappa shape index (κ3) is 2.50. The predicted octanol–water partition coefficient (Wildman–Crippen LogP) is 3.06. The zero-order valence-corrected chi connectivity index (χ0v) is 8.74. The molecule has 0 radical (unpaired) electrons. The molecule has 0 aliphatic carbocycles. The zero-order valence-electron chi connectivity index (χ0n) is 6.40. The van der Waals surface area contributed by atoms with Crippen LogP contribution in [-0.4, -0.2) is 5.91 Å². The van der Waals surface area contributed by atoms with Crippen molar-refractivity contribution in [1.82, 2.24) is 0 Å². The molecule has 0 fully saturated rings. The molecule has 0 saturated heterocycles. The molecule has 12 heavy (non-hydrogen) atoms. The molecule has 2 nitrogen and oxygen atoms in total. The fraction of sp³-hybridized carbons (Fsp3) is 0.125. The molecular formula is C8H7BrClNO. The molecule has 1 rings (SSSR count). The average molecular weight is 249 g/mol. The molecule has 1 amide bonds. The Balaban J connectivity index is 2.93. The minimum absolute atomic E-state index is 0.126. The van der Waals surface area contributed by atoms with Crippen LogP contribution >= 0.6 is 27.5 Å². The van der Waals surface area contributed by atoms with Crippen molar-refractivity contribution in [2.24, 2.45) is 0 Å². The maximum Gasteiger partial charge on any atom is 0.221 e. The van der Waals surface area contributed by atoms with Gasteiger partial charge in [0.25, 0.3) is 0 Å². The van der Waals surface area contributed by atoms with E-state index in [9.17, 15) is 4.79 Å². The lowest BCUT2D eigenvalue weighted by Gasteiger charge is -2.03. The Morgan fingerprint density at radius 2 is 2.25 bits per heavy atom. The minimum atomic E-state index is -0.126. The van der Waals surface area contributed by atoms with Crippen LogP contribution in [0.3, 0.4) is 0 Å².